The molecule has 0 spiro atoms. The molecule has 2 aromatic rings. The summed E-state index contributed by atoms with van der Waals surface area (Å²) in [7, 11) is 0. The van der Waals surface area contributed by atoms with Gasteiger partial charge >= 0.3 is 6.61 Å². The van der Waals surface area contributed by atoms with Crippen molar-refractivity contribution in [2.75, 3.05) is 5.73 Å². The van der Waals surface area contributed by atoms with E-state index in [4.69, 9.17) is 5.73 Å². The summed E-state index contributed by atoms with van der Waals surface area (Å²) in [5, 5.41) is 0. The Labute approximate surface area is 126 Å². The van der Waals surface area contributed by atoms with Crippen molar-refractivity contribution in [3.05, 3.63) is 46.7 Å². The van der Waals surface area contributed by atoms with E-state index in [0.29, 0.717) is 4.90 Å². The number of rotatable bonds is 4. The molecule has 106 valence electrons. The molecule has 20 heavy (non-hydrogen) atoms. The highest BCUT2D eigenvalue weighted by Gasteiger charge is 2.14. The first kappa shape index (κ1) is 15.1. The van der Waals surface area contributed by atoms with Crippen LogP contribution < -0.4 is 10.5 Å². The molecule has 2 aromatic carbocycles. The SMILES string of the molecule is Nc1cc(F)c(OC(F)F)cc1Sc1ccccc1Br. The number of anilines is 1. The Morgan fingerprint density at radius 3 is 2.50 bits per heavy atom. The molecular formula is C13H9BrF3NOS. The van der Waals surface area contributed by atoms with Gasteiger partial charge in [-0.2, -0.15) is 8.78 Å². The van der Waals surface area contributed by atoms with Gasteiger partial charge in [0, 0.05) is 26.0 Å². The van der Waals surface area contributed by atoms with Gasteiger partial charge in [0.05, 0.1) is 0 Å². The number of nitrogen functional groups attached to an aromatic ring is 1. The van der Waals surface area contributed by atoms with Crippen LogP contribution in [-0.2, 0) is 0 Å². The van der Waals surface area contributed by atoms with Crippen LogP contribution in [-0.4, -0.2) is 6.61 Å². The molecule has 0 saturated heterocycles. The molecule has 2 N–H and O–H groups in total. The number of ether oxygens (including phenoxy) is 1. The molecule has 7 heteroatoms. The van der Waals surface area contributed by atoms with E-state index < -0.39 is 18.2 Å². The highest BCUT2D eigenvalue weighted by Crippen LogP contribution is 2.39. The van der Waals surface area contributed by atoms with E-state index in [9.17, 15) is 13.2 Å². The largest absolute Gasteiger partial charge is 0.432 e. The van der Waals surface area contributed by atoms with Gasteiger partial charge in [0.25, 0.3) is 0 Å². The Bertz CT molecular complexity index is 625. The molecule has 0 radical (unpaired) electrons. The first-order chi connectivity index (χ1) is 9.47. The quantitative estimate of drug-likeness (QED) is 0.782. The highest BCUT2D eigenvalue weighted by atomic mass is 79.9. The molecular weight excluding hydrogens is 355 g/mol. The second-order valence-electron chi connectivity index (χ2n) is 3.73. The van der Waals surface area contributed by atoms with Crippen LogP contribution in [0, 0.1) is 5.82 Å². The third-order valence-electron chi connectivity index (χ3n) is 2.34. The lowest BCUT2D eigenvalue weighted by atomic mass is 10.3. The maximum Gasteiger partial charge on any atom is 0.387 e. The fourth-order valence-electron chi connectivity index (χ4n) is 1.47. The van der Waals surface area contributed by atoms with Gasteiger partial charge in [-0.05, 0) is 34.1 Å². The third kappa shape index (κ3) is 3.61. The van der Waals surface area contributed by atoms with Gasteiger partial charge in [0.2, 0.25) is 0 Å². The van der Waals surface area contributed by atoms with Crippen molar-refractivity contribution in [1.29, 1.82) is 0 Å². The van der Waals surface area contributed by atoms with Gasteiger partial charge in [-0.3, -0.25) is 0 Å². The summed E-state index contributed by atoms with van der Waals surface area (Å²) in [6.45, 7) is -3.09. The summed E-state index contributed by atoms with van der Waals surface area (Å²) < 4.78 is 42.8. The van der Waals surface area contributed by atoms with E-state index in [1.54, 1.807) is 0 Å². The van der Waals surface area contributed by atoms with E-state index in [-0.39, 0.29) is 5.69 Å². The van der Waals surface area contributed by atoms with Crippen LogP contribution in [0.15, 0.2) is 50.7 Å². The van der Waals surface area contributed by atoms with Crippen LogP contribution >= 0.6 is 27.7 Å². The Morgan fingerprint density at radius 2 is 1.85 bits per heavy atom. The minimum absolute atomic E-state index is 0.157. The van der Waals surface area contributed by atoms with Gasteiger partial charge in [-0.15, -0.1) is 0 Å². The van der Waals surface area contributed by atoms with Crippen molar-refractivity contribution in [2.24, 2.45) is 0 Å². The zero-order chi connectivity index (χ0) is 14.7. The predicted octanol–water partition coefficient (Wildman–Crippen LogP) is 4.92. The minimum Gasteiger partial charge on any atom is -0.432 e. The van der Waals surface area contributed by atoms with Gasteiger partial charge < -0.3 is 10.5 Å². The Kier molecular flexibility index (Phi) is 4.82. The number of benzene rings is 2. The maximum atomic E-state index is 13.5. The van der Waals surface area contributed by atoms with Gasteiger partial charge in [-0.1, -0.05) is 23.9 Å². The van der Waals surface area contributed by atoms with Gasteiger partial charge in [0.15, 0.2) is 11.6 Å². The normalized spacial score (nSPS) is 10.8. The molecule has 2 nitrogen and oxygen atoms in total. The lowest BCUT2D eigenvalue weighted by molar-refractivity contribution is -0.0523. The zero-order valence-electron chi connectivity index (χ0n) is 9.95. The highest BCUT2D eigenvalue weighted by molar-refractivity contribution is 9.10. The van der Waals surface area contributed by atoms with Crippen LogP contribution in [0.4, 0.5) is 18.9 Å². The fraction of sp³-hybridized carbons (Fsp3) is 0.0769. The summed E-state index contributed by atoms with van der Waals surface area (Å²) in [5.41, 5.74) is 5.86. The van der Waals surface area contributed by atoms with Crippen LogP contribution in [0.1, 0.15) is 0 Å². The van der Waals surface area contributed by atoms with Gasteiger partial charge in [0.1, 0.15) is 0 Å². The van der Waals surface area contributed by atoms with Crippen molar-refractivity contribution in [3.8, 4) is 5.75 Å². The van der Waals surface area contributed by atoms with Crippen LogP contribution in [0.25, 0.3) is 0 Å². The number of hydrogen-bond acceptors (Lipinski definition) is 3. The first-order valence-corrected chi connectivity index (χ1v) is 7.04. The number of nitrogens with two attached hydrogens (primary N) is 1. The lowest BCUT2D eigenvalue weighted by Gasteiger charge is -2.11. The fourth-order valence-corrected chi connectivity index (χ4v) is 2.89. The van der Waals surface area contributed by atoms with E-state index in [2.05, 4.69) is 20.7 Å². The molecule has 0 fully saturated rings. The van der Waals surface area contributed by atoms with Crippen molar-refractivity contribution >= 4 is 33.4 Å². The minimum atomic E-state index is -3.09. The van der Waals surface area contributed by atoms with Crippen LogP contribution in [0.5, 0.6) is 5.75 Å². The van der Waals surface area contributed by atoms with Crippen molar-refractivity contribution in [1.82, 2.24) is 0 Å². The molecule has 0 bridgehead atoms. The van der Waals surface area contributed by atoms with Crippen LogP contribution in [0.2, 0.25) is 0 Å². The topological polar surface area (TPSA) is 35.2 Å². The Hall–Kier alpha value is -1.34. The molecule has 0 aliphatic heterocycles. The van der Waals surface area contributed by atoms with E-state index >= 15 is 0 Å². The molecule has 0 aliphatic rings. The predicted molar refractivity (Wildman–Crippen MR) is 75.7 cm³/mol. The first-order valence-electron chi connectivity index (χ1n) is 5.43. The van der Waals surface area contributed by atoms with Crippen molar-refractivity contribution < 1.29 is 17.9 Å². The molecule has 0 heterocycles. The van der Waals surface area contributed by atoms with E-state index in [1.165, 1.54) is 17.8 Å². The van der Waals surface area contributed by atoms with Crippen molar-refractivity contribution in [3.63, 3.8) is 0 Å². The Balaban J connectivity index is 2.34. The molecule has 0 unspecified atom stereocenters. The number of hydrogen-bond donors (Lipinski definition) is 1. The summed E-state index contributed by atoms with van der Waals surface area (Å²) in [5.74, 6) is -1.44. The lowest BCUT2D eigenvalue weighted by Crippen LogP contribution is -2.04. The zero-order valence-corrected chi connectivity index (χ0v) is 12.3. The summed E-state index contributed by atoms with van der Waals surface area (Å²) in [6, 6.07) is 9.46. The summed E-state index contributed by atoms with van der Waals surface area (Å²) in [6.07, 6.45) is 0. The standard InChI is InChI=1S/C13H9BrF3NOS/c14-7-3-1-2-4-11(7)20-12-6-10(19-13(16)17)8(15)5-9(12)18/h1-6,13H,18H2. The number of halogens is 4. The number of alkyl halides is 2. The van der Waals surface area contributed by atoms with Crippen molar-refractivity contribution in [2.45, 2.75) is 16.4 Å². The smallest absolute Gasteiger partial charge is 0.387 e. The molecule has 0 aromatic heterocycles. The van der Waals surface area contributed by atoms with E-state index in [0.717, 1.165) is 15.4 Å². The second kappa shape index (κ2) is 6.41. The molecule has 2 rings (SSSR count). The summed E-state index contributed by atoms with van der Waals surface area (Å²) >= 11 is 4.59. The van der Waals surface area contributed by atoms with E-state index in [1.807, 2.05) is 24.3 Å². The monoisotopic (exact) mass is 363 g/mol. The average Bonchev–Trinajstić information content (AvgIpc) is 2.37. The second-order valence-corrected chi connectivity index (χ2v) is 5.67. The Morgan fingerprint density at radius 1 is 1.15 bits per heavy atom. The molecule has 0 saturated carbocycles. The third-order valence-corrected chi connectivity index (χ3v) is 4.44. The molecule has 0 aliphatic carbocycles. The van der Waals surface area contributed by atoms with Crippen LogP contribution in [0.3, 0.4) is 0 Å². The van der Waals surface area contributed by atoms with Gasteiger partial charge in [-0.25, -0.2) is 4.39 Å². The molecule has 0 amide bonds. The summed E-state index contributed by atoms with van der Waals surface area (Å²) in [4.78, 5) is 1.27. The average molecular weight is 364 g/mol. The maximum absolute atomic E-state index is 13.5. The molecule has 0 atom stereocenters.